The monoisotopic (exact) mass is 414 g/mol. The first-order valence-corrected chi connectivity index (χ1v) is 10.5. The molecule has 7 heteroatoms. The number of benzene rings is 2. The van der Waals surface area contributed by atoms with Crippen molar-refractivity contribution >= 4 is 40.6 Å². The number of piperidine rings is 1. The lowest BCUT2D eigenvalue weighted by atomic mass is 10.1. The van der Waals surface area contributed by atoms with Gasteiger partial charge in [0.2, 0.25) is 0 Å². The number of amides is 3. The lowest BCUT2D eigenvalue weighted by molar-refractivity contribution is 0.0954. The van der Waals surface area contributed by atoms with E-state index < -0.39 is 0 Å². The highest BCUT2D eigenvalue weighted by Gasteiger charge is 2.19. The Morgan fingerprint density at radius 1 is 0.966 bits per heavy atom. The molecule has 0 saturated carbocycles. The molecule has 0 unspecified atom stereocenters. The van der Waals surface area contributed by atoms with Crippen molar-refractivity contribution in [3.63, 3.8) is 0 Å². The van der Waals surface area contributed by atoms with Gasteiger partial charge in [-0.1, -0.05) is 18.5 Å². The van der Waals surface area contributed by atoms with Crippen molar-refractivity contribution in [2.45, 2.75) is 32.6 Å². The molecule has 2 aromatic carbocycles. The molecular formula is C22H27ClN4O2. The highest BCUT2D eigenvalue weighted by molar-refractivity contribution is 6.30. The third-order valence-electron chi connectivity index (χ3n) is 4.83. The van der Waals surface area contributed by atoms with Gasteiger partial charge in [0.25, 0.3) is 5.91 Å². The molecule has 2 aromatic rings. The number of carbonyl (C=O) groups is 2. The van der Waals surface area contributed by atoms with E-state index in [-0.39, 0.29) is 11.9 Å². The maximum Gasteiger partial charge on any atom is 0.323 e. The number of rotatable bonds is 6. The second-order valence-electron chi connectivity index (χ2n) is 7.12. The zero-order chi connectivity index (χ0) is 20.6. The lowest BCUT2D eigenvalue weighted by Crippen LogP contribution is -2.33. The van der Waals surface area contributed by atoms with E-state index in [1.807, 2.05) is 19.1 Å². The molecular weight excluding hydrogens is 388 g/mol. The molecule has 0 spiro atoms. The molecule has 1 saturated heterocycles. The van der Waals surface area contributed by atoms with Crippen molar-refractivity contribution < 1.29 is 9.59 Å². The summed E-state index contributed by atoms with van der Waals surface area (Å²) in [5, 5.41) is 9.11. The fourth-order valence-electron chi connectivity index (χ4n) is 3.37. The van der Waals surface area contributed by atoms with E-state index in [0.717, 1.165) is 38.0 Å². The van der Waals surface area contributed by atoms with Crippen LogP contribution in [0.4, 0.5) is 21.9 Å². The Balaban J connectivity index is 1.76. The molecule has 154 valence electrons. The summed E-state index contributed by atoms with van der Waals surface area (Å²) in [5.41, 5.74) is 2.71. The van der Waals surface area contributed by atoms with Crippen LogP contribution < -0.4 is 20.9 Å². The molecule has 1 aliphatic rings. The topological polar surface area (TPSA) is 73.5 Å². The molecule has 0 bridgehead atoms. The summed E-state index contributed by atoms with van der Waals surface area (Å²) < 4.78 is 0. The van der Waals surface area contributed by atoms with Gasteiger partial charge in [0.15, 0.2) is 0 Å². The predicted octanol–water partition coefficient (Wildman–Crippen LogP) is 5.11. The average Bonchev–Trinajstić information content (AvgIpc) is 2.74. The molecule has 6 nitrogen and oxygen atoms in total. The van der Waals surface area contributed by atoms with E-state index >= 15 is 0 Å². The summed E-state index contributed by atoms with van der Waals surface area (Å²) in [4.78, 5) is 27.3. The van der Waals surface area contributed by atoms with Gasteiger partial charge in [-0.2, -0.15) is 0 Å². The Morgan fingerprint density at radius 2 is 1.62 bits per heavy atom. The van der Waals surface area contributed by atoms with Gasteiger partial charge in [0.05, 0.1) is 5.56 Å². The van der Waals surface area contributed by atoms with E-state index in [9.17, 15) is 9.59 Å². The van der Waals surface area contributed by atoms with E-state index in [1.165, 1.54) is 6.42 Å². The Bertz CT molecular complexity index is 848. The number of carbonyl (C=O) groups excluding carboxylic acids is 2. The number of nitrogens with zero attached hydrogens (tertiary/aromatic N) is 1. The second kappa shape index (κ2) is 10.2. The fourth-order valence-corrected chi connectivity index (χ4v) is 3.49. The van der Waals surface area contributed by atoms with Crippen LogP contribution in [0.1, 0.15) is 43.0 Å². The van der Waals surface area contributed by atoms with Crippen molar-refractivity contribution in [3.8, 4) is 0 Å². The van der Waals surface area contributed by atoms with E-state index in [4.69, 9.17) is 11.6 Å². The van der Waals surface area contributed by atoms with Crippen molar-refractivity contribution in [3.05, 3.63) is 53.1 Å². The van der Waals surface area contributed by atoms with Crippen molar-refractivity contribution in [1.82, 2.24) is 5.32 Å². The highest BCUT2D eigenvalue weighted by Crippen LogP contribution is 2.27. The number of hydrogen-bond donors (Lipinski definition) is 3. The molecule has 0 atom stereocenters. The molecule has 3 rings (SSSR count). The van der Waals surface area contributed by atoms with Gasteiger partial charge >= 0.3 is 6.03 Å². The minimum absolute atomic E-state index is 0.116. The summed E-state index contributed by atoms with van der Waals surface area (Å²) in [5.74, 6) is -0.116. The van der Waals surface area contributed by atoms with Crippen LogP contribution in [0.2, 0.25) is 5.02 Å². The molecule has 3 amide bonds. The third-order valence-corrected chi connectivity index (χ3v) is 5.09. The van der Waals surface area contributed by atoms with Crippen LogP contribution in [-0.2, 0) is 0 Å². The van der Waals surface area contributed by atoms with Crippen molar-refractivity contribution in [2.24, 2.45) is 0 Å². The van der Waals surface area contributed by atoms with Crippen molar-refractivity contribution in [1.29, 1.82) is 0 Å². The summed E-state index contributed by atoms with van der Waals surface area (Å²) in [6, 6.07) is 12.0. The Hall–Kier alpha value is -2.73. The van der Waals surface area contributed by atoms with Gasteiger partial charge < -0.3 is 20.9 Å². The van der Waals surface area contributed by atoms with Crippen LogP contribution in [0.15, 0.2) is 42.5 Å². The number of urea groups is 1. The first kappa shape index (κ1) is 21.0. The minimum Gasteiger partial charge on any atom is -0.371 e. The van der Waals surface area contributed by atoms with Crippen LogP contribution in [0.25, 0.3) is 0 Å². The zero-order valence-electron chi connectivity index (χ0n) is 16.6. The summed E-state index contributed by atoms with van der Waals surface area (Å²) in [7, 11) is 0. The maximum atomic E-state index is 12.7. The average molecular weight is 415 g/mol. The molecule has 0 radical (unpaired) electrons. The largest absolute Gasteiger partial charge is 0.371 e. The van der Waals surface area contributed by atoms with E-state index in [1.54, 1.807) is 30.3 Å². The maximum absolute atomic E-state index is 12.7. The van der Waals surface area contributed by atoms with E-state index in [0.29, 0.717) is 28.5 Å². The van der Waals surface area contributed by atoms with Crippen LogP contribution in [-0.4, -0.2) is 31.6 Å². The van der Waals surface area contributed by atoms with Gasteiger partial charge in [-0.25, -0.2) is 4.79 Å². The second-order valence-corrected chi connectivity index (χ2v) is 7.56. The highest BCUT2D eigenvalue weighted by atomic mass is 35.5. The number of halogens is 1. The Labute approximate surface area is 176 Å². The van der Waals surface area contributed by atoms with Crippen LogP contribution >= 0.6 is 11.6 Å². The Morgan fingerprint density at radius 3 is 2.31 bits per heavy atom. The first-order chi connectivity index (χ1) is 14.1. The molecule has 29 heavy (non-hydrogen) atoms. The SMILES string of the molecule is CCCNC(=O)c1cc(NC(=O)Nc2ccc(Cl)cc2)ccc1N1CCCCC1. The van der Waals surface area contributed by atoms with Crippen LogP contribution in [0, 0.1) is 0 Å². The number of nitrogens with one attached hydrogen (secondary N) is 3. The molecule has 0 aromatic heterocycles. The van der Waals surface area contributed by atoms with Gasteiger partial charge in [-0.05, 0) is 68.1 Å². The van der Waals surface area contributed by atoms with Gasteiger partial charge in [-0.3, -0.25) is 4.79 Å². The Kier molecular flexibility index (Phi) is 7.36. The summed E-state index contributed by atoms with van der Waals surface area (Å²) in [6.45, 7) is 4.52. The lowest BCUT2D eigenvalue weighted by Gasteiger charge is -2.30. The normalized spacial score (nSPS) is 13.7. The van der Waals surface area contributed by atoms with Gasteiger partial charge in [0, 0.05) is 41.7 Å². The molecule has 3 N–H and O–H groups in total. The van der Waals surface area contributed by atoms with Gasteiger partial charge in [-0.15, -0.1) is 0 Å². The molecule has 1 aliphatic heterocycles. The van der Waals surface area contributed by atoms with Gasteiger partial charge in [0.1, 0.15) is 0 Å². The number of anilines is 3. The van der Waals surface area contributed by atoms with Crippen LogP contribution in [0.3, 0.4) is 0 Å². The first-order valence-electron chi connectivity index (χ1n) is 10.1. The fraction of sp³-hybridized carbons (Fsp3) is 0.364. The molecule has 1 fully saturated rings. The quantitative estimate of drug-likeness (QED) is 0.614. The van der Waals surface area contributed by atoms with E-state index in [2.05, 4.69) is 20.9 Å². The molecule has 0 aliphatic carbocycles. The third kappa shape index (κ3) is 5.87. The standard InChI is InChI=1S/C22H27ClN4O2/c1-2-12-24-21(28)19-15-18(10-11-20(19)27-13-4-3-5-14-27)26-22(29)25-17-8-6-16(23)7-9-17/h6-11,15H,2-5,12-14H2,1H3,(H,24,28)(H2,25,26,29). The van der Waals surface area contributed by atoms with Crippen LogP contribution in [0.5, 0.6) is 0 Å². The zero-order valence-corrected chi connectivity index (χ0v) is 17.4. The summed E-state index contributed by atoms with van der Waals surface area (Å²) in [6.07, 6.45) is 4.34. The number of hydrogen-bond acceptors (Lipinski definition) is 3. The summed E-state index contributed by atoms with van der Waals surface area (Å²) >= 11 is 5.87. The predicted molar refractivity (Wildman–Crippen MR) is 119 cm³/mol. The van der Waals surface area contributed by atoms with Crippen molar-refractivity contribution in [2.75, 3.05) is 35.2 Å². The smallest absolute Gasteiger partial charge is 0.323 e. The molecule has 1 heterocycles. The minimum atomic E-state index is -0.377.